The Balaban J connectivity index is 1.40. The van der Waals surface area contributed by atoms with E-state index < -0.39 is 0 Å². The van der Waals surface area contributed by atoms with Gasteiger partial charge >= 0.3 is 0 Å². The van der Waals surface area contributed by atoms with E-state index in [1.54, 1.807) is 0 Å². The van der Waals surface area contributed by atoms with Gasteiger partial charge in [-0.1, -0.05) is 25.0 Å². The first kappa shape index (κ1) is 14.9. The van der Waals surface area contributed by atoms with Crippen LogP contribution in [0.1, 0.15) is 50.7 Å². The smallest absolute Gasteiger partial charge is 0.123 e. The molecule has 1 fully saturated rings. The van der Waals surface area contributed by atoms with Gasteiger partial charge in [0.05, 0.1) is 12.7 Å². The molecule has 1 heterocycles. The first-order valence-corrected chi connectivity index (χ1v) is 8.25. The minimum absolute atomic E-state index is 0.0521. The van der Waals surface area contributed by atoms with Gasteiger partial charge < -0.3 is 14.8 Å². The molecule has 1 saturated carbocycles. The molecule has 1 aliphatic heterocycles. The van der Waals surface area contributed by atoms with Crippen molar-refractivity contribution in [2.45, 2.75) is 64.2 Å². The van der Waals surface area contributed by atoms with Crippen LogP contribution in [0.25, 0.3) is 0 Å². The average Bonchev–Trinajstić information content (AvgIpc) is 3.03. The van der Waals surface area contributed by atoms with Crippen LogP contribution in [0.5, 0.6) is 5.75 Å². The zero-order chi connectivity index (χ0) is 14.7. The summed E-state index contributed by atoms with van der Waals surface area (Å²) in [5, 5.41) is 3.47. The van der Waals surface area contributed by atoms with Crippen molar-refractivity contribution in [1.29, 1.82) is 0 Å². The summed E-state index contributed by atoms with van der Waals surface area (Å²) in [6, 6.07) is 6.54. The predicted octanol–water partition coefficient (Wildman–Crippen LogP) is 3.45. The van der Waals surface area contributed by atoms with Crippen LogP contribution in [-0.2, 0) is 17.7 Å². The van der Waals surface area contributed by atoms with Crippen LogP contribution in [-0.4, -0.2) is 24.9 Å². The van der Waals surface area contributed by atoms with Crippen molar-refractivity contribution in [1.82, 2.24) is 5.32 Å². The van der Waals surface area contributed by atoms with Crippen molar-refractivity contribution < 1.29 is 9.47 Å². The van der Waals surface area contributed by atoms with Crippen LogP contribution in [0, 0.1) is 0 Å². The van der Waals surface area contributed by atoms with Gasteiger partial charge in [-0.25, -0.2) is 0 Å². The fraction of sp³-hybridized carbons (Fsp3) is 0.667. The molecular weight excluding hydrogens is 262 g/mol. The van der Waals surface area contributed by atoms with Crippen LogP contribution >= 0.6 is 0 Å². The highest BCUT2D eigenvalue weighted by Gasteiger charge is 2.29. The monoisotopic (exact) mass is 289 g/mol. The fourth-order valence-corrected chi connectivity index (χ4v) is 3.36. The number of hydrogen-bond acceptors (Lipinski definition) is 3. The summed E-state index contributed by atoms with van der Waals surface area (Å²) < 4.78 is 11.8. The van der Waals surface area contributed by atoms with Gasteiger partial charge in [-0.3, -0.25) is 0 Å². The topological polar surface area (TPSA) is 30.5 Å². The molecule has 0 radical (unpaired) electrons. The molecule has 3 rings (SSSR count). The van der Waals surface area contributed by atoms with E-state index in [1.165, 1.54) is 36.8 Å². The standard InChI is InChI=1S/C18H27NO2/c1-18(2)12-15-11-14(7-8-17(15)21-18)13-19-9-10-20-16-5-3-4-6-16/h7-8,11,16,19H,3-6,9-10,12-13H2,1-2H3. The first-order valence-electron chi connectivity index (χ1n) is 8.25. The summed E-state index contributed by atoms with van der Waals surface area (Å²) >= 11 is 0. The van der Waals surface area contributed by atoms with Crippen molar-refractivity contribution >= 4 is 0 Å². The zero-order valence-corrected chi connectivity index (χ0v) is 13.3. The molecule has 116 valence electrons. The number of hydrogen-bond donors (Lipinski definition) is 1. The van der Waals surface area contributed by atoms with E-state index >= 15 is 0 Å². The number of benzene rings is 1. The third-order valence-electron chi connectivity index (χ3n) is 4.39. The Hall–Kier alpha value is -1.06. The summed E-state index contributed by atoms with van der Waals surface area (Å²) in [4.78, 5) is 0. The predicted molar refractivity (Wildman–Crippen MR) is 84.8 cm³/mol. The maximum absolute atomic E-state index is 5.91. The molecule has 0 spiro atoms. The van der Waals surface area contributed by atoms with E-state index in [0.717, 1.165) is 31.9 Å². The second kappa shape index (κ2) is 6.37. The maximum Gasteiger partial charge on any atom is 0.123 e. The van der Waals surface area contributed by atoms with Gasteiger partial charge in [0, 0.05) is 19.5 Å². The minimum Gasteiger partial charge on any atom is -0.487 e. The van der Waals surface area contributed by atoms with E-state index in [1.807, 2.05) is 0 Å². The number of ether oxygens (including phenoxy) is 2. The minimum atomic E-state index is -0.0521. The van der Waals surface area contributed by atoms with Crippen molar-refractivity contribution in [3.63, 3.8) is 0 Å². The molecule has 0 saturated heterocycles. The molecule has 2 aliphatic rings. The van der Waals surface area contributed by atoms with Crippen LogP contribution < -0.4 is 10.1 Å². The van der Waals surface area contributed by atoms with Gasteiger partial charge in [0.25, 0.3) is 0 Å². The van der Waals surface area contributed by atoms with Gasteiger partial charge in [0.2, 0.25) is 0 Å². The van der Waals surface area contributed by atoms with Crippen molar-refractivity contribution in [2.24, 2.45) is 0 Å². The second-order valence-corrected chi connectivity index (χ2v) is 6.93. The van der Waals surface area contributed by atoms with Gasteiger partial charge in [-0.2, -0.15) is 0 Å². The SMILES string of the molecule is CC1(C)Cc2cc(CNCCOC3CCCC3)ccc2O1. The molecular formula is C18H27NO2. The lowest BCUT2D eigenvalue weighted by molar-refractivity contribution is 0.0602. The summed E-state index contributed by atoms with van der Waals surface area (Å²) in [6.45, 7) is 6.94. The molecule has 3 nitrogen and oxygen atoms in total. The molecule has 0 amide bonds. The molecule has 0 atom stereocenters. The Morgan fingerprint density at radius 3 is 2.90 bits per heavy atom. The van der Waals surface area contributed by atoms with Crippen molar-refractivity contribution in [2.75, 3.05) is 13.2 Å². The molecule has 1 N–H and O–H groups in total. The summed E-state index contributed by atoms with van der Waals surface area (Å²) in [5.41, 5.74) is 2.61. The summed E-state index contributed by atoms with van der Waals surface area (Å²) in [7, 11) is 0. The summed E-state index contributed by atoms with van der Waals surface area (Å²) in [6.07, 6.45) is 6.70. The Labute approximate surface area is 128 Å². The van der Waals surface area contributed by atoms with Gasteiger partial charge in [-0.15, -0.1) is 0 Å². The lowest BCUT2D eigenvalue weighted by atomic mass is 10.0. The van der Waals surface area contributed by atoms with Gasteiger partial charge in [-0.05, 0) is 43.9 Å². The van der Waals surface area contributed by atoms with E-state index in [-0.39, 0.29) is 5.60 Å². The van der Waals surface area contributed by atoms with Gasteiger partial charge in [0.1, 0.15) is 11.4 Å². The quantitative estimate of drug-likeness (QED) is 0.814. The Morgan fingerprint density at radius 2 is 2.10 bits per heavy atom. The highest BCUT2D eigenvalue weighted by Crippen LogP contribution is 2.35. The van der Waals surface area contributed by atoms with Crippen LogP contribution in [0.3, 0.4) is 0 Å². The molecule has 21 heavy (non-hydrogen) atoms. The number of nitrogens with one attached hydrogen (secondary N) is 1. The highest BCUT2D eigenvalue weighted by molar-refractivity contribution is 5.41. The van der Waals surface area contributed by atoms with Crippen LogP contribution in [0.2, 0.25) is 0 Å². The highest BCUT2D eigenvalue weighted by atomic mass is 16.5. The van der Waals surface area contributed by atoms with Crippen molar-refractivity contribution in [3.05, 3.63) is 29.3 Å². The Bertz CT molecular complexity index is 478. The molecule has 1 aromatic carbocycles. The first-order chi connectivity index (χ1) is 10.1. The lowest BCUT2D eigenvalue weighted by Gasteiger charge is -2.16. The van der Waals surface area contributed by atoms with E-state index in [2.05, 4.69) is 37.4 Å². The lowest BCUT2D eigenvalue weighted by Crippen LogP contribution is -2.24. The average molecular weight is 289 g/mol. The van der Waals surface area contributed by atoms with Gasteiger partial charge in [0.15, 0.2) is 0 Å². The third kappa shape index (κ3) is 3.98. The molecule has 1 aliphatic carbocycles. The molecule has 1 aromatic rings. The zero-order valence-electron chi connectivity index (χ0n) is 13.3. The molecule has 0 bridgehead atoms. The number of rotatable bonds is 6. The van der Waals surface area contributed by atoms with Crippen LogP contribution in [0.15, 0.2) is 18.2 Å². The Kier molecular flexibility index (Phi) is 4.51. The normalized spacial score (nSPS) is 20.5. The van der Waals surface area contributed by atoms with E-state index in [0.29, 0.717) is 6.10 Å². The molecule has 0 aromatic heterocycles. The van der Waals surface area contributed by atoms with Crippen molar-refractivity contribution in [3.8, 4) is 5.75 Å². The second-order valence-electron chi connectivity index (χ2n) is 6.93. The third-order valence-corrected chi connectivity index (χ3v) is 4.39. The van der Waals surface area contributed by atoms with E-state index in [9.17, 15) is 0 Å². The van der Waals surface area contributed by atoms with E-state index in [4.69, 9.17) is 9.47 Å². The molecule has 0 unspecified atom stereocenters. The number of fused-ring (bicyclic) bond motifs is 1. The maximum atomic E-state index is 5.91. The molecule has 3 heteroatoms. The summed E-state index contributed by atoms with van der Waals surface area (Å²) in [5.74, 6) is 1.05. The largest absolute Gasteiger partial charge is 0.487 e. The Morgan fingerprint density at radius 1 is 1.29 bits per heavy atom. The fourth-order valence-electron chi connectivity index (χ4n) is 3.36. The van der Waals surface area contributed by atoms with Crippen LogP contribution in [0.4, 0.5) is 0 Å².